The van der Waals surface area contributed by atoms with Gasteiger partial charge in [0.1, 0.15) is 0 Å². The third kappa shape index (κ3) is 3.69. The zero-order valence-electron chi connectivity index (χ0n) is 11.6. The molecule has 0 saturated heterocycles. The van der Waals surface area contributed by atoms with Crippen molar-refractivity contribution in [3.05, 3.63) is 53.3 Å². The topological polar surface area (TPSA) is 74.0 Å². The summed E-state index contributed by atoms with van der Waals surface area (Å²) in [5, 5.41) is 2.97. The van der Waals surface area contributed by atoms with Gasteiger partial charge in [0, 0.05) is 25.0 Å². The van der Waals surface area contributed by atoms with Crippen LogP contribution >= 0.6 is 0 Å². The molecule has 20 heavy (non-hydrogen) atoms. The van der Waals surface area contributed by atoms with Gasteiger partial charge in [0.15, 0.2) is 0 Å². The van der Waals surface area contributed by atoms with Crippen LogP contribution in [0.25, 0.3) is 0 Å². The van der Waals surface area contributed by atoms with Gasteiger partial charge in [0.25, 0.3) is 0 Å². The highest BCUT2D eigenvalue weighted by Gasteiger charge is 2.15. The summed E-state index contributed by atoms with van der Waals surface area (Å²) in [5.74, 6) is 0. The van der Waals surface area contributed by atoms with Gasteiger partial charge < -0.3 is 10.3 Å². The van der Waals surface area contributed by atoms with Crippen molar-refractivity contribution in [2.45, 2.75) is 24.9 Å². The van der Waals surface area contributed by atoms with Gasteiger partial charge in [-0.05, 0) is 25.6 Å². The van der Waals surface area contributed by atoms with Gasteiger partial charge in [-0.15, -0.1) is 0 Å². The fourth-order valence-corrected chi connectivity index (χ4v) is 2.87. The SMILES string of the molecule is CNCc1cc(S(=O)(=O)NCc2ccc(C)cc2)c[nH]1. The molecular weight excluding hydrogens is 274 g/mol. The van der Waals surface area contributed by atoms with Crippen molar-refractivity contribution in [3.8, 4) is 0 Å². The molecule has 0 aliphatic rings. The van der Waals surface area contributed by atoms with E-state index in [0.29, 0.717) is 6.54 Å². The highest BCUT2D eigenvalue weighted by Crippen LogP contribution is 2.11. The lowest BCUT2D eigenvalue weighted by atomic mass is 10.2. The monoisotopic (exact) mass is 293 g/mol. The van der Waals surface area contributed by atoms with Gasteiger partial charge in [-0.25, -0.2) is 13.1 Å². The molecule has 1 aromatic heterocycles. The van der Waals surface area contributed by atoms with Crippen LogP contribution in [0.1, 0.15) is 16.8 Å². The van der Waals surface area contributed by atoms with Crippen molar-refractivity contribution < 1.29 is 8.42 Å². The first-order valence-corrected chi connectivity index (χ1v) is 7.87. The smallest absolute Gasteiger partial charge is 0.242 e. The Hall–Kier alpha value is -1.63. The number of benzene rings is 1. The minimum atomic E-state index is -3.48. The molecule has 2 rings (SSSR count). The Morgan fingerprint density at radius 1 is 1.15 bits per heavy atom. The molecular formula is C14H19N3O2S. The molecule has 0 radical (unpaired) electrons. The van der Waals surface area contributed by atoms with Crippen LogP contribution in [0.2, 0.25) is 0 Å². The largest absolute Gasteiger partial charge is 0.363 e. The van der Waals surface area contributed by atoms with E-state index in [2.05, 4.69) is 15.0 Å². The standard InChI is InChI=1S/C14H19N3O2S/c1-11-3-5-12(6-4-11)8-17-20(18,19)14-7-13(9-15-2)16-10-14/h3-7,10,15-17H,8-9H2,1-2H3. The van der Waals surface area contributed by atoms with Crippen LogP contribution in [0.4, 0.5) is 0 Å². The highest BCUT2D eigenvalue weighted by atomic mass is 32.2. The molecule has 2 aromatic rings. The molecule has 0 atom stereocenters. The summed E-state index contributed by atoms with van der Waals surface area (Å²) < 4.78 is 26.9. The molecule has 0 saturated carbocycles. The predicted octanol–water partition coefficient (Wildman–Crippen LogP) is 1.52. The van der Waals surface area contributed by atoms with Crippen LogP contribution in [-0.4, -0.2) is 20.4 Å². The number of rotatable bonds is 6. The zero-order chi connectivity index (χ0) is 14.6. The normalized spacial score (nSPS) is 11.7. The number of nitrogens with one attached hydrogen (secondary N) is 3. The highest BCUT2D eigenvalue weighted by molar-refractivity contribution is 7.89. The number of hydrogen-bond donors (Lipinski definition) is 3. The van der Waals surface area contributed by atoms with E-state index in [1.54, 1.807) is 6.07 Å². The summed E-state index contributed by atoms with van der Waals surface area (Å²) >= 11 is 0. The maximum atomic E-state index is 12.1. The Balaban J connectivity index is 2.04. The van der Waals surface area contributed by atoms with Gasteiger partial charge in [0.2, 0.25) is 10.0 Å². The average Bonchev–Trinajstić information content (AvgIpc) is 2.88. The quantitative estimate of drug-likeness (QED) is 0.756. The Kier molecular flexibility index (Phi) is 4.59. The molecule has 0 aliphatic carbocycles. The first-order chi connectivity index (χ1) is 9.51. The number of aromatic amines is 1. The van der Waals surface area contributed by atoms with Crippen molar-refractivity contribution >= 4 is 10.0 Å². The van der Waals surface area contributed by atoms with Crippen molar-refractivity contribution in [3.63, 3.8) is 0 Å². The second-order valence-electron chi connectivity index (χ2n) is 4.70. The number of hydrogen-bond acceptors (Lipinski definition) is 3. The summed E-state index contributed by atoms with van der Waals surface area (Å²) in [6, 6.07) is 9.40. The van der Waals surface area contributed by atoms with Gasteiger partial charge in [-0.1, -0.05) is 29.8 Å². The van der Waals surface area contributed by atoms with Crippen LogP contribution in [0.15, 0.2) is 41.4 Å². The third-order valence-corrected chi connectivity index (χ3v) is 4.36. The summed E-state index contributed by atoms with van der Waals surface area (Å²) in [6.07, 6.45) is 1.50. The lowest BCUT2D eigenvalue weighted by molar-refractivity contribution is 0.581. The molecule has 0 fully saturated rings. The summed E-state index contributed by atoms with van der Waals surface area (Å²) in [6.45, 7) is 2.89. The van der Waals surface area contributed by atoms with E-state index >= 15 is 0 Å². The molecule has 0 amide bonds. The molecule has 0 spiro atoms. The molecule has 5 nitrogen and oxygen atoms in total. The number of sulfonamides is 1. The van der Waals surface area contributed by atoms with E-state index in [1.165, 1.54) is 6.20 Å². The van der Waals surface area contributed by atoms with E-state index < -0.39 is 10.0 Å². The molecule has 108 valence electrons. The van der Waals surface area contributed by atoms with Crippen LogP contribution in [0, 0.1) is 6.92 Å². The Morgan fingerprint density at radius 3 is 2.50 bits per heavy atom. The zero-order valence-corrected chi connectivity index (χ0v) is 12.4. The number of aryl methyl sites for hydroxylation is 1. The van der Waals surface area contributed by atoms with E-state index in [-0.39, 0.29) is 11.4 Å². The van der Waals surface area contributed by atoms with Crippen LogP contribution in [0.5, 0.6) is 0 Å². The summed E-state index contributed by atoms with van der Waals surface area (Å²) in [5.41, 5.74) is 2.92. The Labute approximate surface area is 119 Å². The molecule has 1 heterocycles. The van der Waals surface area contributed by atoms with Gasteiger partial charge in [-0.3, -0.25) is 0 Å². The van der Waals surface area contributed by atoms with Crippen molar-refractivity contribution in [2.24, 2.45) is 0 Å². The van der Waals surface area contributed by atoms with Crippen LogP contribution in [-0.2, 0) is 23.1 Å². The fraction of sp³-hybridized carbons (Fsp3) is 0.286. The summed E-state index contributed by atoms with van der Waals surface area (Å²) in [4.78, 5) is 3.20. The predicted molar refractivity (Wildman–Crippen MR) is 78.8 cm³/mol. The van der Waals surface area contributed by atoms with E-state index in [4.69, 9.17) is 0 Å². The Bertz CT molecular complexity index is 660. The third-order valence-electron chi connectivity index (χ3n) is 2.98. The van der Waals surface area contributed by atoms with Crippen molar-refractivity contribution in [2.75, 3.05) is 7.05 Å². The lowest BCUT2D eigenvalue weighted by Crippen LogP contribution is -2.22. The molecule has 0 bridgehead atoms. The molecule has 6 heteroatoms. The van der Waals surface area contributed by atoms with E-state index in [1.807, 2.05) is 38.2 Å². The molecule has 3 N–H and O–H groups in total. The first-order valence-electron chi connectivity index (χ1n) is 6.38. The van der Waals surface area contributed by atoms with Crippen LogP contribution < -0.4 is 10.0 Å². The average molecular weight is 293 g/mol. The van der Waals surface area contributed by atoms with Crippen molar-refractivity contribution in [1.82, 2.24) is 15.0 Å². The second-order valence-corrected chi connectivity index (χ2v) is 6.47. The first kappa shape index (κ1) is 14.8. The number of aromatic nitrogens is 1. The Morgan fingerprint density at radius 2 is 1.85 bits per heavy atom. The van der Waals surface area contributed by atoms with E-state index in [9.17, 15) is 8.42 Å². The second kappa shape index (κ2) is 6.21. The summed E-state index contributed by atoms with van der Waals surface area (Å²) in [7, 11) is -1.66. The maximum absolute atomic E-state index is 12.1. The fourth-order valence-electron chi connectivity index (χ4n) is 1.83. The van der Waals surface area contributed by atoms with Crippen molar-refractivity contribution in [1.29, 1.82) is 0 Å². The van der Waals surface area contributed by atoms with E-state index in [0.717, 1.165) is 16.8 Å². The molecule has 0 unspecified atom stereocenters. The minimum absolute atomic E-state index is 0.259. The lowest BCUT2D eigenvalue weighted by Gasteiger charge is -2.05. The van der Waals surface area contributed by atoms with Gasteiger partial charge >= 0.3 is 0 Å². The van der Waals surface area contributed by atoms with Crippen LogP contribution in [0.3, 0.4) is 0 Å². The minimum Gasteiger partial charge on any atom is -0.363 e. The molecule has 0 aliphatic heterocycles. The number of H-pyrrole nitrogens is 1. The molecule has 1 aromatic carbocycles. The maximum Gasteiger partial charge on any atom is 0.242 e. The van der Waals surface area contributed by atoms with Gasteiger partial charge in [-0.2, -0.15) is 0 Å². The van der Waals surface area contributed by atoms with Gasteiger partial charge in [0.05, 0.1) is 4.90 Å².